The maximum Gasteiger partial charge on any atom is 0.358 e. The number of hydrogen-bond donors (Lipinski definition) is 1. The first kappa shape index (κ1) is 12.9. The highest BCUT2D eigenvalue weighted by Crippen LogP contribution is 2.25. The van der Waals surface area contributed by atoms with Crippen LogP contribution in [-0.4, -0.2) is 26.0 Å². The van der Waals surface area contributed by atoms with Gasteiger partial charge in [-0.05, 0) is 18.6 Å². The molecule has 0 bridgehead atoms. The van der Waals surface area contributed by atoms with Crippen LogP contribution >= 0.6 is 0 Å². The summed E-state index contributed by atoms with van der Waals surface area (Å²) >= 11 is 0. The van der Waals surface area contributed by atoms with E-state index in [9.17, 15) is 9.18 Å². The normalized spacial score (nSPS) is 10.2. The van der Waals surface area contributed by atoms with Crippen LogP contribution in [0.1, 0.15) is 23.1 Å². The van der Waals surface area contributed by atoms with Gasteiger partial charge < -0.3 is 9.84 Å². The second kappa shape index (κ2) is 5.38. The Labute approximate surface area is 107 Å². The largest absolute Gasteiger partial charge is 0.476 e. The zero-order chi connectivity index (χ0) is 13.8. The van der Waals surface area contributed by atoms with Crippen LogP contribution in [0, 0.1) is 5.82 Å². The fourth-order valence-corrected chi connectivity index (χ4v) is 1.44. The quantitative estimate of drug-likeness (QED) is 0.908. The predicted molar refractivity (Wildman–Crippen MR) is 62.6 cm³/mol. The summed E-state index contributed by atoms with van der Waals surface area (Å²) < 4.78 is 19.0. The number of ether oxygens (including phenoxy) is 1. The van der Waals surface area contributed by atoms with E-state index >= 15 is 0 Å². The number of carboxylic acid groups (broad SMARTS) is 1. The van der Waals surface area contributed by atoms with E-state index in [4.69, 9.17) is 9.84 Å². The van der Waals surface area contributed by atoms with E-state index in [1.807, 2.05) is 0 Å². The van der Waals surface area contributed by atoms with E-state index in [-0.39, 0.29) is 23.0 Å². The molecule has 2 heterocycles. The number of pyridine rings is 1. The van der Waals surface area contributed by atoms with E-state index < -0.39 is 11.8 Å². The predicted octanol–water partition coefficient (Wildman–Crippen LogP) is 2.06. The number of rotatable bonds is 4. The second-order valence-electron chi connectivity index (χ2n) is 3.55. The van der Waals surface area contributed by atoms with Crippen molar-refractivity contribution in [3.05, 3.63) is 41.9 Å². The lowest BCUT2D eigenvalue weighted by atomic mass is 10.3. The molecule has 0 aromatic carbocycles. The van der Waals surface area contributed by atoms with Crippen LogP contribution in [0.4, 0.5) is 4.39 Å². The molecule has 2 rings (SSSR count). The number of halogens is 1. The first-order valence-corrected chi connectivity index (χ1v) is 5.49. The summed E-state index contributed by atoms with van der Waals surface area (Å²) in [6, 6.07) is 2.87. The molecular weight excluding hydrogens is 253 g/mol. The minimum absolute atomic E-state index is 0.0744. The lowest BCUT2D eigenvalue weighted by molar-refractivity contribution is 0.0687. The third-order valence-corrected chi connectivity index (χ3v) is 2.34. The van der Waals surface area contributed by atoms with Gasteiger partial charge in [-0.15, -0.1) is 0 Å². The Bertz CT molecular complexity index is 619. The Kier molecular flexibility index (Phi) is 3.65. The molecule has 0 amide bonds. The standard InChI is InChI=1S/C12H10FN3O3/c1-2-7-9(13)11(16-6-15-7)19-8-4-3-5-14-10(8)12(17)18/h3-6H,2H2,1H3,(H,17,18). The van der Waals surface area contributed by atoms with Crippen molar-refractivity contribution in [1.29, 1.82) is 0 Å². The first-order valence-electron chi connectivity index (χ1n) is 5.49. The summed E-state index contributed by atoms with van der Waals surface area (Å²) in [4.78, 5) is 22.0. The molecule has 6 nitrogen and oxygen atoms in total. The van der Waals surface area contributed by atoms with E-state index in [1.165, 1.54) is 18.3 Å². The maximum absolute atomic E-state index is 13.9. The van der Waals surface area contributed by atoms with E-state index in [0.717, 1.165) is 6.33 Å². The topological polar surface area (TPSA) is 85.2 Å². The summed E-state index contributed by atoms with van der Waals surface area (Å²) in [6.07, 6.45) is 2.85. The molecule has 2 aromatic heterocycles. The third kappa shape index (κ3) is 2.65. The Hall–Kier alpha value is -2.57. The van der Waals surface area contributed by atoms with Gasteiger partial charge in [0, 0.05) is 6.20 Å². The average Bonchev–Trinajstić information content (AvgIpc) is 2.41. The van der Waals surface area contributed by atoms with Gasteiger partial charge >= 0.3 is 5.97 Å². The van der Waals surface area contributed by atoms with Crippen molar-refractivity contribution in [2.45, 2.75) is 13.3 Å². The summed E-state index contributed by atoms with van der Waals surface area (Å²) in [7, 11) is 0. The van der Waals surface area contributed by atoms with Crippen molar-refractivity contribution in [2.24, 2.45) is 0 Å². The van der Waals surface area contributed by atoms with Crippen molar-refractivity contribution in [3.63, 3.8) is 0 Å². The zero-order valence-corrected chi connectivity index (χ0v) is 10.00. The Balaban J connectivity index is 2.39. The van der Waals surface area contributed by atoms with Crippen LogP contribution in [-0.2, 0) is 6.42 Å². The molecule has 7 heteroatoms. The highest BCUT2D eigenvalue weighted by Gasteiger charge is 2.17. The monoisotopic (exact) mass is 263 g/mol. The van der Waals surface area contributed by atoms with Crippen molar-refractivity contribution in [1.82, 2.24) is 15.0 Å². The smallest absolute Gasteiger partial charge is 0.358 e. The molecule has 98 valence electrons. The van der Waals surface area contributed by atoms with Crippen LogP contribution in [0.15, 0.2) is 24.7 Å². The van der Waals surface area contributed by atoms with E-state index in [1.54, 1.807) is 6.92 Å². The van der Waals surface area contributed by atoms with Gasteiger partial charge in [-0.3, -0.25) is 0 Å². The van der Waals surface area contributed by atoms with Crippen molar-refractivity contribution >= 4 is 5.97 Å². The van der Waals surface area contributed by atoms with Crippen LogP contribution in [0.2, 0.25) is 0 Å². The molecule has 0 fully saturated rings. The highest BCUT2D eigenvalue weighted by atomic mass is 19.1. The SMILES string of the molecule is CCc1ncnc(Oc2cccnc2C(=O)O)c1F. The van der Waals surface area contributed by atoms with E-state index in [0.29, 0.717) is 6.42 Å². The van der Waals surface area contributed by atoms with Crippen LogP contribution in [0.3, 0.4) is 0 Å². The molecular formula is C12H10FN3O3. The fourth-order valence-electron chi connectivity index (χ4n) is 1.44. The molecule has 0 aliphatic rings. The number of carboxylic acids is 1. The molecule has 0 unspecified atom stereocenters. The number of nitrogens with zero attached hydrogens (tertiary/aromatic N) is 3. The number of aromatic nitrogens is 3. The number of hydrogen-bond acceptors (Lipinski definition) is 5. The number of aromatic carboxylic acids is 1. The Morgan fingerprint density at radius 3 is 2.89 bits per heavy atom. The summed E-state index contributed by atoms with van der Waals surface area (Å²) in [5.74, 6) is -2.36. The summed E-state index contributed by atoms with van der Waals surface area (Å²) in [5, 5.41) is 8.94. The molecule has 0 saturated heterocycles. The third-order valence-electron chi connectivity index (χ3n) is 2.34. The van der Waals surface area contributed by atoms with Crippen molar-refractivity contribution in [3.8, 4) is 11.6 Å². The van der Waals surface area contributed by atoms with E-state index in [2.05, 4.69) is 15.0 Å². The molecule has 2 aromatic rings. The van der Waals surface area contributed by atoms with Gasteiger partial charge in [-0.2, -0.15) is 9.37 Å². The summed E-state index contributed by atoms with van der Waals surface area (Å²) in [5.41, 5.74) is -0.107. The van der Waals surface area contributed by atoms with Crippen LogP contribution in [0.25, 0.3) is 0 Å². The van der Waals surface area contributed by atoms with Crippen LogP contribution < -0.4 is 4.74 Å². The Morgan fingerprint density at radius 1 is 1.42 bits per heavy atom. The van der Waals surface area contributed by atoms with Gasteiger partial charge in [0.2, 0.25) is 5.82 Å². The number of carbonyl (C=O) groups is 1. The van der Waals surface area contributed by atoms with Gasteiger partial charge in [0.15, 0.2) is 11.4 Å². The number of aryl methyl sites for hydroxylation is 1. The van der Waals surface area contributed by atoms with Gasteiger partial charge in [0.25, 0.3) is 5.88 Å². The zero-order valence-electron chi connectivity index (χ0n) is 10.00. The molecule has 0 atom stereocenters. The molecule has 19 heavy (non-hydrogen) atoms. The molecule has 0 spiro atoms. The highest BCUT2D eigenvalue weighted by molar-refractivity contribution is 5.88. The lowest BCUT2D eigenvalue weighted by Crippen LogP contribution is -2.05. The molecule has 0 aliphatic heterocycles. The first-order chi connectivity index (χ1) is 9.13. The van der Waals surface area contributed by atoms with Gasteiger partial charge in [-0.25, -0.2) is 14.8 Å². The molecule has 0 radical (unpaired) electrons. The minimum Gasteiger partial charge on any atom is -0.476 e. The van der Waals surface area contributed by atoms with Crippen molar-refractivity contribution in [2.75, 3.05) is 0 Å². The Morgan fingerprint density at radius 2 is 2.21 bits per heavy atom. The lowest BCUT2D eigenvalue weighted by Gasteiger charge is -2.08. The molecule has 0 aliphatic carbocycles. The van der Waals surface area contributed by atoms with Gasteiger partial charge in [0.05, 0.1) is 5.69 Å². The van der Waals surface area contributed by atoms with Gasteiger partial charge in [0.1, 0.15) is 6.33 Å². The van der Waals surface area contributed by atoms with Crippen molar-refractivity contribution < 1.29 is 19.0 Å². The molecule has 0 saturated carbocycles. The minimum atomic E-state index is -1.26. The molecule has 1 N–H and O–H groups in total. The van der Waals surface area contributed by atoms with Gasteiger partial charge in [-0.1, -0.05) is 6.92 Å². The second-order valence-corrected chi connectivity index (χ2v) is 3.55. The van der Waals surface area contributed by atoms with Crippen LogP contribution in [0.5, 0.6) is 11.6 Å². The maximum atomic E-state index is 13.9. The fraction of sp³-hybridized carbons (Fsp3) is 0.167. The average molecular weight is 263 g/mol. The summed E-state index contributed by atoms with van der Waals surface area (Å²) in [6.45, 7) is 1.74.